The Morgan fingerprint density at radius 1 is 1.05 bits per heavy atom. The van der Waals surface area contributed by atoms with E-state index in [0.29, 0.717) is 12.1 Å². The van der Waals surface area contributed by atoms with Crippen LogP contribution in [-0.2, 0) is 6.54 Å². The number of nitrogens with one attached hydrogen (secondary N) is 1. The zero-order valence-corrected chi connectivity index (χ0v) is 12.2. The van der Waals surface area contributed by atoms with Gasteiger partial charge in [-0.15, -0.1) is 0 Å². The average molecular weight is 268 g/mol. The highest BCUT2D eigenvalue weighted by molar-refractivity contribution is 5.57. The van der Waals surface area contributed by atoms with Crippen molar-refractivity contribution in [3.05, 3.63) is 59.7 Å². The first kappa shape index (κ1) is 15.6. The summed E-state index contributed by atoms with van der Waals surface area (Å²) in [4.78, 5) is 0. The molecule has 0 aliphatic heterocycles. The summed E-state index contributed by atoms with van der Waals surface area (Å²) in [6.07, 6.45) is 0. The number of nitriles is 1. The highest BCUT2D eigenvalue weighted by Crippen LogP contribution is 2.16. The van der Waals surface area contributed by atoms with Crippen molar-refractivity contribution in [1.82, 2.24) is 0 Å². The molecule has 1 N–H and O–H groups in total. The Labute approximate surface area is 120 Å². The predicted octanol–water partition coefficient (Wildman–Crippen LogP) is 4.21. The predicted molar refractivity (Wildman–Crippen MR) is 82.8 cm³/mol. The van der Waals surface area contributed by atoms with Crippen molar-refractivity contribution < 1.29 is 4.74 Å². The lowest BCUT2D eigenvalue weighted by Crippen LogP contribution is -2.01. The number of methoxy groups -OCH3 is 1. The molecule has 104 valence electrons. The highest BCUT2D eigenvalue weighted by atomic mass is 16.5. The minimum absolute atomic E-state index is 0.658. The van der Waals surface area contributed by atoms with Crippen LogP contribution in [0.15, 0.2) is 48.5 Å². The number of benzene rings is 2. The Bertz CT molecular complexity index is 556. The zero-order valence-electron chi connectivity index (χ0n) is 12.2. The SMILES string of the molecule is CC.COc1ccc(CNc2ccccc2C#N)cc1. The van der Waals surface area contributed by atoms with Gasteiger partial charge in [-0.25, -0.2) is 0 Å². The summed E-state index contributed by atoms with van der Waals surface area (Å²) in [5, 5.41) is 12.2. The number of hydrogen-bond acceptors (Lipinski definition) is 3. The normalized spacial score (nSPS) is 8.90. The van der Waals surface area contributed by atoms with E-state index in [-0.39, 0.29) is 0 Å². The summed E-state index contributed by atoms with van der Waals surface area (Å²) in [7, 11) is 1.65. The molecule has 0 spiro atoms. The Morgan fingerprint density at radius 3 is 2.30 bits per heavy atom. The Hall–Kier alpha value is -2.47. The molecule has 0 radical (unpaired) electrons. The molecule has 0 aliphatic rings. The topological polar surface area (TPSA) is 45.0 Å². The molecule has 0 saturated heterocycles. The fraction of sp³-hybridized carbons (Fsp3) is 0.235. The number of hydrogen-bond donors (Lipinski definition) is 1. The van der Waals surface area contributed by atoms with Crippen molar-refractivity contribution in [2.24, 2.45) is 0 Å². The van der Waals surface area contributed by atoms with E-state index in [1.54, 1.807) is 13.2 Å². The van der Waals surface area contributed by atoms with Crippen LogP contribution in [0.4, 0.5) is 5.69 Å². The summed E-state index contributed by atoms with van der Waals surface area (Å²) >= 11 is 0. The molecule has 3 heteroatoms. The molecule has 0 fully saturated rings. The van der Waals surface area contributed by atoms with E-state index in [9.17, 15) is 0 Å². The van der Waals surface area contributed by atoms with Gasteiger partial charge in [-0.1, -0.05) is 38.1 Å². The van der Waals surface area contributed by atoms with Crippen LogP contribution in [-0.4, -0.2) is 7.11 Å². The summed E-state index contributed by atoms with van der Waals surface area (Å²) in [6.45, 7) is 4.68. The van der Waals surface area contributed by atoms with E-state index < -0.39 is 0 Å². The van der Waals surface area contributed by atoms with Crippen LogP contribution in [0, 0.1) is 11.3 Å². The van der Waals surface area contributed by atoms with Gasteiger partial charge in [-0.05, 0) is 29.8 Å². The highest BCUT2D eigenvalue weighted by Gasteiger charge is 2.00. The third-order valence-electron chi connectivity index (χ3n) is 2.69. The summed E-state index contributed by atoms with van der Waals surface area (Å²) < 4.78 is 5.10. The third kappa shape index (κ3) is 4.33. The quantitative estimate of drug-likeness (QED) is 0.903. The van der Waals surface area contributed by atoms with Gasteiger partial charge in [0.15, 0.2) is 0 Å². The lowest BCUT2D eigenvalue weighted by molar-refractivity contribution is 0.414. The third-order valence-corrected chi connectivity index (χ3v) is 2.69. The van der Waals surface area contributed by atoms with Gasteiger partial charge in [-0.2, -0.15) is 5.26 Å². The number of ether oxygens (including phenoxy) is 1. The van der Waals surface area contributed by atoms with Gasteiger partial charge in [0.1, 0.15) is 11.8 Å². The van der Waals surface area contributed by atoms with E-state index in [1.807, 2.05) is 56.3 Å². The van der Waals surface area contributed by atoms with Gasteiger partial charge in [0, 0.05) is 6.54 Å². The van der Waals surface area contributed by atoms with Crippen LogP contribution in [0.25, 0.3) is 0 Å². The molecule has 0 saturated carbocycles. The van der Waals surface area contributed by atoms with Crippen LogP contribution < -0.4 is 10.1 Å². The van der Waals surface area contributed by atoms with E-state index in [1.165, 1.54) is 0 Å². The average Bonchev–Trinajstić information content (AvgIpc) is 2.55. The van der Waals surface area contributed by atoms with Gasteiger partial charge in [0.05, 0.1) is 18.4 Å². The van der Waals surface area contributed by atoms with Gasteiger partial charge >= 0.3 is 0 Å². The van der Waals surface area contributed by atoms with Crippen molar-refractivity contribution in [2.45, 2.75) is 20.4 Å². The number of para-hydroxylation sites is 1. The molecule has 2 aromatic rings. The number of rotatable bonds is 4. The lowest BCUT2D eigenvalue weighted by atomic mass is 10.1. The van der Waals surface area contributed by atoms with Crippen molar-refractivity contribution in [3.63, 3.8) is 0 Å². The molecular formula is C17H20N2O. The van der Waals surface area contributed by atoms with Crippen LogP contribution in [0.2, 0.25) is 0 Å². The van der Waals surface area contributed by atoms with Gasteiger partial charge < -0.3 is 10.1 Å². The smallest absolute Gasteiger partial charge is 0.118 e. The molecule has 0 aromatic heterocycles. The van der Waals surface area contributed by atoms with Gasteiger partial charge in [-0.3, -0.25) is 0 Å². The molecule has 0 atom stereocenters. The monoisotopic (exact) mass is 268 g/mol. The minimum atomic E-state index is 0.658. The maximum Gasteiger partial charge on any atom is 0.118 e. The van der Waals surface area contributed by atoms with Crippen LogP contribution in [0.1, 0.15) is 25.0 Å². The van der Waals surface area contributed by atoms with E-state index in [0.717, 1.165) is 17.0 Å². The van der Waals surface area contributed by atoms with E-state index in [4.69, 9.17) is 10.00 Å². The van der Waals surface area contributed by atoms with Crippen molar-refractivity contribution in [3.8, 4) is 11.8 Å². The van der Waals surface area contributed by atoms with Crippen molar-refractivity contribution in [2.75, 3.05) is 12.4 Å². The molecular weight excluding hydrogens is 248 g/mol. The maximum absolute atomic E-state index is 8.98. The minimum Gasteiger partial charge on any atom is -0.497 e. The summed E-state index contributed by atoms with van der Waals surface area (Å²) in [6, 6.07) is 17.5. The van der Waals surface area contributed by atoms with Crippen LogP contribution >= 0.6 is 0 Å². The van der Waals surface area contributed by atoms with E-state index in [2.05, 4.69) is 11.4 Å². The number of anilines is 1. The van der Waals surface area contributed by atoms with Gasteiger partial charge in [0.2, 0.25) is 0 Å². The zero-order chi connectivity index (χ0) is 14.8. The fourth-order valence-electron chi connectivity index (χ4n) is 1.68. The van der Waals surface area contributed by atoms with Crippen molar-refractivity contribution in [1.29, 1.82) is 5.26 Å². The van der Waals surface area contributed by atoms with Gasteiger partial charge in [0.25, 0.3) is 0 Å². The standard InChI is InChI=1S/C15H14N2O.C2H6/c1-18-14-8-6-12(7-9-14)11-17-15-5-3-2-4-13(15)10-16;1-2/h2-9,17H,11H2,1H3;1-2H3. The summed E-state index contributed by atoms with van der Waals surface area (Å²) in [5.74, 6) is 0.844. The first-order valence-electron chi connectivity index (χ1n) is 6.69. The van der Waals surface area contributed by atoms with E-state index >= 15 is 0 Å². The van der Waals surface area contributed by atoms with Crippen LogP contribution in [0.5, 0.6) is 5.75 Å². The Balaban J connectivity index is 0.000000956. The molecule has 0 bridgehead atoms. The molecule has 0 amide bonds. The molecule has 0 heterocycles. The number of nitrogens with zero attached hydrogens (tertiary/aromatic N) is 1. The van der Waals surface area contributed by atoms with Crippen LogP contribution in [0.3, 0.4) is 0 Å². The Kier molecular flexibility index (Phi) is 6.70. The molecule has 0 unspecified atom stereocenters. The molecule has 20 heavy (non-hydrogen) atoms. The Morgan fingerprint density at radius 2 is 1.70 bits per heavy atom. The molecule has 3 nitrogen and oxygen atoms in total. The lowest BCUT2D eigenvalue weighted by Gasteiger charge is -2.08. The maximum atomic E-state index is 8.98. The first-order chi connectivity index (χ1) is 9.83. The van der Waals surface area contributed by atoms with Crippen molar-refractivity contribution >= 4 is 5.69 Å². The second-order valence-corrected chi connectivity index (χ2v) is 3.86. The first-order valence-corrected chi connectivity index (χ1v) is 6.69. The molecule has 0 aliphatic carbocycles. The molecule has 2 rings (SSSR count). The second-order valence-electron chi connectivity index (χ2n) is 3.86. The fourth-order valence-corrected chi connectivity index (χ4v) is 1.68. The molecule has 2 aromatic carbocycles. The second kappa shape index (κ2) is 8.60. The largest absolute Gasteiger partial charge is 0.497 e. The summed E-state index contributed by atoms with van der Waals surface area (Å²) in [5.41, 5.74) is 2.66.